The summed E-state index contributed by atoms with van der Waals surface area (Å²) in [6.07, 6.45) is 0.910. The molecule has 1 aliphatic rings. The second kappa shape index (κ2) is 4.53. The topological polar surface area (TPSA) is 55.8 Å². The zero-order valence-electron chi connectivity index (χ0n) is 9.10. The predicted molar refractivity (Wildman–Crippen MR) is 58.1 cm³/mol. The molecule has 4 heteroatoms. The fraction of sp³-hybridized carbons (Fsp3) is 0.417. The molecule has 1 aromatic rings. The molecule has 0 radical (unpaired) electrons. The first-order valence-corrected chi connectivity index (χ1v) is 5.21. The Bertz CT molecular complexity index is 400. The van der Waals surface area contributed by atoms with Gasteiger partial charge in [-0.2, -0.15) is 0 Å². The lowest BCUT2D eigenvalue weighted by molar-refractivity contribution is 0.0696. The normalized spacial score (nSPS) is 18.7. The Kier molecular flexibility index (Phi) is 3.10. The maximum Gasteiger partial charge on any atom is 0.335 e. The molecule has 0 aliphatic carbocycles. The Morgan fingerprint density at radius 1 is 1.62 bits per heavy atom. The number of hydrogen-bond acceptors (Lipinski definition) is 3. The number of ether oxygens (including phenoxy) is 2. The van der Waals surface area contributed by atoms with E-state index in [4.69, 9.17) is 14.6 Å². The van der Waals surface area contributed by atoms with Crippen LogP contribution in [0.4, 0.5) is 0 Å². The molecular weight excluding hydrogens is 208 g/mol. The number of carboxylic acid groups (broad SMARTS) is 1. The fourth-order valence-corrected chi connectivity index (χ4v) is 1.97. The molecule has 0 bridgehead atoms. The number of aromatic carboxylic acids is 1. The Hall–Kier alpha value is -1.55. The van der Waals surface area contributed by atoms with E-state index in [0.29, 0.717) is 24.9 Å². The van der Waals surface area contributed by atoms with Crippen LogP contribution in [0.5, 0.6) is 5.75 Å². The van der Waals surface area contributed by atoms with Gasteiger partial charge in [0.25, 0.3) is 0 Å². The van der Waals surface area contributed by atoms with E-state index in [1.54, 1.807) is 19.2 Å². The number of rotatable bonds is 3. The number of carbonyl (C=O) groups is 1. The SMILES string of the molecule is COCC1CCOc2cc(C(=O)O)ccc21. The van der Waals surface area contributed by atoms with Gasteiger partial charge in [-0.05, 0) is 24.1 Å². The summed E-state index contributed by atoms with van der Waals surface area (Å²) < 4.78 is 10.6. The predicted octanol–water partition coefficient (Wildman–Crippen LogP) is 1.90. The largest absolute Gasteiger partial charge is 0.493 e. The van der Waals surface area contributed by atoms with Crippen LogP contribution in [0, 0.1) is 0 Å². The molecule has 16 heavy (non-hydrogen) atoms. The highest BCUT2D eigenvalue weighted by molar-refractivity contribution is 5.88. The number of carboxylic acids is 1. The maximum atomic E-state index is 10.8. The number of fused-ring (bicyclic) bond motifs is 1. The summed E-state index contributed by atoms with van der Waals surface area (Å²) in [7, 11) is 1.67. The van der Waals surface area contributed by atoms with Crippen LogP contribution in [0.1, 0.15) is 28.3 Å². The summed E-state index contributed by atoms with van der Waals surface area (Å²) in [5.74, 6) is 0.0464. The van der Waals surface area contributed by atoms with Crippen molar-refractivity contribution in [3.8, 4) is 5.75 Å². The smallest absolute Gasteiger partial charge is 0.335 e. The van der Waals surface area contributed by atoms with Gasteiger partial charge in [-0.15, -0.1) is 0 Å². The molecule has 0 saturated heterocycles. The minimum absolute atomic E-state index is 0.261. The second-order valence-corrected chi connectivity index (χ2v) is 3.85. The average molecular weight is 222 g/mol. The van der Waals surface area contributed by atoms with Gasteiger partial charge in [0.15, 0.2) is 0 Å². The molecule has 0 fully saturated rings. The quantitative estimate of drug-likeness (QED) is 0.848. The summed E-state index contributed by atoms with van der Waals surface area (Å²) in [5, 5.41) is 8.88. The Balaban J connectivity index is 2.32. The standard InChI is InChI=1S/C12H14O4/c1-15-7-9-4-5-16-11-6-8(12(13)14)2-3-10(9)11/h2-3,6,9H,4-5,7H2,1H3,(H,13,14). The third-order valence-electron chi connectivity index (χ3n) is 2.79. The number of benzene rings is 1. The van der Waals surface area contributed by atoms with Crippen molar-refractivity contribution in [3.05, 3.63) is 29.3 Å². The first kappa shape index (κ1) is 11.0. The average Bonchev–Trinajstić information content (AvgIpc) is 2.29. The van der Waals surface area contributed by atoms with E-state index < -0.39 is 5.97 Å². The van der Waals surface area contributed by atoms with Crippen LogP contribution in [0.2, 0.25) is 0 Å². The van der Waals surface area contributed by atoms with Gasteiger partial charge in [-0.25, -0.2) is 4.79 Å². The van der Waals surface area contributed by atoms with E-state index in [0.717, 1.165) is 12.0 Å². The summed E-state index contributed by atoms with van der Waals surface area (Å²) in [5.41, 5.74) is 1.30. The number of hydrogen-bond donors (Lipinski definition) is 1. The highest BCUT2D eigenvalue weighted by Crippen LogP contribution is 2.34. The van der Waals surface area contributed by atoms with E-state index in [1.165, 1.54) is 0 Å². The van der Waals surface area contributed by atoms with Gasteiger partial charge in [-0.3, -0.25) is 0 Å². The van der Waals surface area contributed by atoms with Gasteiger partial charge in [0, 0.05) is 13.0 Å². The molecule has 1 unspecified atom stereocenters. The molecule has 0 aromatic heterocycles. The van der Waals surface area contributed by atoms with Crippen molar-refractivity contribution in [3.63, 3.8) is 0 Å². The van der Waals surface area contributed by atoms with Crippen molar-refractivity contribution in [2.75, 3.05) is 20.3 Å². The molecular formula is C12H14O4. The second-order valence-electron chi connectivity index (χ2n) is 3.85. The van der Waals surface area contributed by atoms with Gasteiger partial charge in [0.1, 0.15) is 5.75 Å². The lowest BCUT2D eigenvalue weighted by atomic mass is 9.93. The molecule has 1 atom stereocenters. The highest BCUT2D eigenvalue weighted by atomic mass is 16.5. The van der Waals surface area contributed by atoms with E-state index in [9.17, 15) is 4.79 Å². The summed E-state index contributed by atoms with van der Waals surface area (Å²) in [6.45, 7) is 1.26. The van der Waals surface area contributed by atoms with Gasteiger partial charge in [0.2, 0.25) is 0 Å². The molecule has 1 N–H and O–H groups in total. The molecule has 86 valence electrons. The van der Waals surface area contributed by atoms with E-state index in [2.05, 4.69) is 0 Å². The van der Waals surface area contributed by atoms with Crippen molar-refractivity contribution >= 4 is 5.97 Å². The Morgan fingerprint density at radius 2 is 2.44 bits per heavy atom. The van der Waals surface area contributed by atoms with Gasteiger partial charge in [-0.1, -0.05) is 6.07 Å². The number of methoxy groups -OCH3 is 1. The molecule has 4 nitrogen and oxygen atoms in total. The van der Waals surface area contributed by atoms with Crippen LogP contribution in [-0.4, -0.2) is 31.4 Å². The van der Waals surface area contributed by atoms with Crippen molar-refractivity contribution in [2.45, 2.75) is 12.3 Å². The lowest BCUT2D eigenvalue weighted by Gasteiger charge is -2.25. The van der Waals surface area contributed by atoms with Crippen molar-refractivity contribution in [2.24, 2.45) is 0 Å². The van der Waals surface area contributed by atoms with Crippen LogP contribution in [0.15, 0.2) is 18.2 Å². The third kappa shape index (κ3) is 2.02. The van der Waals surface area contributed by atoms with E-state index in [-0.39, 0.29) is 5.56 Å². The molecule has 0 saturated carbocycles. The van der Waals surface area contributed by atoms with Gasteiger partial charge >= 0.3 is 5.97 Å². The van der Waals surface area contributed by atoms with Gasteiger partial charge < -0.3 is 14.6 Å². The maximum absolute atomic E-state index is 10.8. The highest BCUT2D eigenvalue weighted by Gasteiger charge is 2.22. The first-order chi connectivity index (χ1) is 7.72. The van der Waals surface area contributed by atoms with Gasteiger partial charge in [0.05, 0.1) is 18.8 Å². The molecule has 1 aromatic carbocycles. The summed E-state index contributed by atoms with van der Waals surface area (Å²) in [6, 6.07) is 5.01. The van der Waals surface area contributed by atoms with Crippen LogP contribution < -0.4 is 4.74 Å². The minimum atomic E-state index is -0.930. The van der Waals surface area contributed by atoms with Crippen molar-refractivity contribution in [1.29, 1.82) is 0 Å². The molecule has 2 rings (SSSR count). The first-order valence-electron chi connectivity index (χ1n) is 5.21. The molecule has 0 spiro atoms. The minimum Gasteiger partial charge on any atom is -0.493 e. The summed E-state index contributed by atoms with van der Waals surface area (Å²) >= 11 is 0. The molecule has 0 amide bonds. The monoisotopic (exact) mass is 222 g/mol. The van der Waals surface area contributed by atoms with E-state index >= 15 is 0 Å². The summed E-state index contributed by atoms with van der Waals surface area (Å²) in [4.78, 5) is 10.8. The zero-order chi connectivity index (χ0) is 11.5. The Labute approximate surface area is 93.8 Å². The molecule has 1 heterocycles. The van der Waals surface area contributed by atoms with Crippen LogP contribution >= 0.6 is 0 Å². The fourth-order valence-electron chi connectivity index (χ4n) is 1.97. The molecule has 1 aliphatic heterocycles. The zero-order valence-corrected chi connectivity index (χ0v) is 9.10. The van der Waals surface area contributed by atoms with E-state index in [1.807, 2.05) is 6.07 Å². The lowest BCUT2D eigenvalue weighted by Crippen LogP contribution is -2.18. The van der Waals surface area contributed by atoms with Crippen molar-refractivity contribution < 1.29 is 19.4 Å². The Morgan fingerprint density at radius 3 is 3.12 bits per heavy atom. The van der Waals surface area contributed by atoms with Crippen LogP contribution in [0.3, 0.4) is 0 Å². The van der Waals surface area contributed by atoms with Crippen molar-refractivity contribution in [1.82, 2.24) is 0 Å². The van der Waals surface area contributed by atoms with Crippen LogP contribution in [-0.2, 0) is 4.74 Å². The van der Waals surface area contributed by atoms with Crippen LogP contribution in [0.25, 0.3) is 0 Å². The third-order valence-corrected chi connectivity index (χ3v) is 2.79.